The van der Waals surface area contributed by atoms with E-state index in [1.807, 2.05) is 59.9 Å². The number of ether oxygens (including phenoxy) is 1. The number of thioether (sulfide) groups is 1. The molecule has 178 valence electrons. The number of benzene rings is 2. The van der Waals surface area contributed by atoms with Gasteiger partial charge in [0.15, 0.2) is 10.9 Å². The average Bonchev–Trinajstić information content (AvgIpc) is 3.25. The first-order valence-corrected chi connectivity index (χ1v) is 12.5. The van der Waals surface area contributed by atoms with E-state index in [1.54, 1.807) is 4.57 Å². The molecule has 0 aliphatic heterocycles. The van der Waals surface area contributed by atoms with Crippen LogP contribution >= 0.6 is 11.8 Å². The van der Waals surface area contributed by atoms with Crippen molar-refractivity contribution in [1.29, 1.82) is 0 Å². The summed E-state index contributed by atoms with van der Waals surface area (Å²) in [4.78, 5) is 26.0. The van der Waals surface area contributed by atoms with E-state index in [9.17, 15) is 9.59 Å². The normalized spacial score (nSPS) is 12.0. The van der Waals surface area contributed by atoms with Gasteiger partial charge in [-0.05, 0) is 36.5 Å². The molecule has 8 heteroatoms. The van der Waals surface area contributed by atoms with Gasteiger partial charge in [-0.2, -0.15) is 0 Å². The molecule has 2 heterocycles. The zero-order valence-corrected chi connectivity index (χ0v) is 20.9. The summed E-state index contributed by atoms with van der Waals surface area (Å²) in [5.41, 5.74) is 2.54. The molecule has 34 heavy (non-hydrogen) atoms. The fourth-order valence-electron chi connectivity index (χ4n) is 3.87. The molecular formula is C26H30N4O3S. The molecule has 0 bridgehead atoms. The third kappa shape index (κ3) is 4.93. The van der Waals surface area contributed by atoms with Crippen molar-refractivity contribution in [3.8, 4) is 0 Å². The first-order chi connectivity index (χ1) is 16.3. The van der Waals surface area contributed by atoms with Gasteiger partial charge in [0, 0.05) is 25.3 Å². The van der Waals surface area contributed by atoms with Crippen LogP contribution in [0.5, 0.6) is 0 Å². The lowest BCUT2D eigenvalue weighted by Gasteiger charge is -2.18. The number of aryl methyl sites for hydroxylation is 1. The Labute approximate surface area is 203 Å². The van der Waals surface area contributed by atoms with Crippen molar-refractivity contribution in [2.24, 2.45) is 0 Å². The third-order valence-corrected chi connectivity index (χ3v) is 6.69. The summed E-state index contributed by atoms with van der Waals surface area (Å²) in [5, 5.41) is 9.84. The summed E-state index contributed by atoms with van der Waals surface area (Å²) in [7, 11) is 0. The van der Waals surface area contributed by atoms with E-state index in [1.165, 1.54) is 17.3 Å². The second-order valence-corrected chi connectivity index (χ2v) is 10.1. The molecule has 0 atom stereocenters. The zero-order valence-electron chi connectivity index (χ0n) is 20.1. The summed E-state index contributed by atoms with van der Waals surface area (Å²) in [6, 6.07) is 15.2. The summed E-state index contributed by atoms with van der Waals surface area (Å²) >= 11 is 1.33. The van der Waals surface area contributed by atoms with Gasteiger partial charge in [0.2, 0.25) is 5.78 Å². The minimum atomic E-state index is -0.0986. The Balaban J connectivity index is 1.63. The largest absolute Gasteiger partial charge is 0.382 e. The lowest BCUT2D eigenvalue weighted by molar-refractivity contribution is 0.102. The minimum absolute atomic E-state index is 0.0246. The van der Waals surface area contributed by atoms with Crippen molar-refractivity contribution in [2.45, 2.75) is 51.2 Å². The molecule has 2 aromatic heterocycles. The van der Waals surface area contributed by atoms with Gasteiger partial charge >= 0.3 is 0 Å². The van der Waals surface area contributed by atoms with E-state index >= 15 is 0 Å². The van der Waals surface area contributed by atoms with Crippen LogP contribution in [0.2, 0.25) is 0 Å². The predicted molar refractivity (Wildman–Crippen MR) is 136 cm³/mol. The number of carbonyl (C=O) groups is 1. The molecule has 0 fully saturated rings. The van der Waals surface area contributed by atoms with Crippen LogP contribution in [0.15, 0.2) is 58.5 Å². The van der Waals surface area contributed by atoms with Crippen LogP contribution in [0.1, 0.15) is 50.0 Å². The molecule has 0 saturated carbocycles. The molecule has 4 rings (SSSR count). The molecule has 0 amide bonds. The first-order valence-electron chi connectivity index (χ1n) is 11.5. The van der Waals surface area contributed by atoms with E-state index in [-0.39, 0.29) is 22.5 Å². The molecule has 2 aromatic carbocycles. The highest BCUT2D eigenvalue weighted by molar-refractivity contribution is 7.99. The molecular weight excluding hydrogens is 448 g/mol. The Bertz CT molecular complexity index is 1370. The molecule has 0 N–H and O–H groups in total. The molecule has 7 nitrogen and oxygen atoms in total. The Morgan fingerprint density at radius 2 is 1.79 bits per heavy atom. The smallest absolute Gasteiger partial charge is 0.262 e. The lowest BCUT2D eigenvalue weighted by atomic mass is 9.86. The summed E-state index contributed by atoms with van der Waals surface area (Å²) in [6.07, 6.45) is 0.695. The number of hydrogen-bond donors (Lipinski definition) is 0. The van der Waals surface area contributed by atoms with Gasteiger partial charge < -0.3 is 4.74 Å². The average molecular weight is 479 g/mol. The Hall–Kier alpha value is -2.97. The highest BCUT2D eigenvalue weighted by atomic mass is 32.2. The van der Waals surface area contributed by atoms with Crippen molar-refractivity contribution in [2.75, 3.05) is 19.0 Å². The summed E-state index contributed by atoms with van der Waals surface area (Å²) < 4.78 is 8.95. The molecule has 0 unspecified atom stereocenters. The predicted octanol–water partition coefficient (Wildman–Crippen LogP) is 4.74. The second-order valence-electron chi connectivity index (χ2n) is 9.18. The topological polar surface area (TPSA) is 78.5 Å². The minimum Gasteiger partial charge on any atom is -0.382 e. The van der Waals surface area contributed by atoms with Crippen LogP contribution in [0, 0.1) is 0 Å². The number of Topliss-reactive ketones (excluding diaryl/α,β-unsaturated/α-hetero) is 1. The number of fused-ring (bicyclic) bond motifs is 3. The zero-order chi connectivity index (χ0) is 24.3. The maximum Gasteiger partial charge on any atom is 0.262 e. The van der Waals surface area contributed by atoms with Crippen molar-refractivity contribution in [3.63, 3.8) is 0 Å². The highest BCUT2D eigenvalue weighted by Gasteiger charge is 2.19. The maximum atomic E-state index is 13.1. The van der Waals surface area contributed by atoms with Crippen molar-refractivity contribution >= 4 is 34.2 Å². The quantitative estimate of drug-likeness (QED) is 0.196. The first kappa shape index (κ1) is 24.2. The fraction of sp³-hybridized carbons (Fsp3) is 0.385. The van der Waals surface area contributed by atoms with Gasteiger partial charge in [0.25, 0.3) is 5.56 Å². The molecule has 0 radical (unpaired) electrons. The monoisotopic (exact) mass is 478 g/mol. The van der Waals surface area contributed by atoms with E-state index in [0.29, 0.717) is 48.1 Å². The second kappa shape index (κ2) is 10.1. The summed E-state index contributed by atoms with van der Waals surface area (Å²) in [6.45, 7) is 10.1. The SMILES string of the molecule is CCOCCCn1c(=O)c2ccccc2n2c(SCC(=O)c3ccc(C(C)(C)C)cc3)nnc12. The van der Waals surface area contributed by atoms with Gasteiger partial charge in [0.05, 0.1) is 16.7 Å². The maximum absolute atomic E-state index is 13.1. The molecule has 0 saturated heterocycles. The Kier molecular flexibility index (Phi) is 7.19. The van der Waals surface area contributed by atoms with Gasteiger partial charge in [0.1, 0.15) is 0 Å². The number of rotatable bonds is 9. The summed E-state index contributed by atoms with van der Waals surface area (Å²) in [5.74, 6) is 0.731. The molecule has 4 aromatic rings. The van der Waals surface area contributed by atoms with Crippen molar-refractivity contribution in [1.82, 2.24) is 19.2 Å². The Morgan fingerprint density at radius 1 is 1.06 bits per heavy atom. The number of aromatic nitrogens is 4. The van der Waals surface area contributed by atoms with Gasteiger partial charge in [-0.15, -0.1) is 10.2 Å². The standard InChI is InChI=1S/C26H30N4O3S/c1-5-33-16-8-15-29-23(32)20-9-6-7-10-21(20)30-24(29)27-28-25(30)34-17-22(31)18-11-13-19(14-12-18)26(2,3)4/h6-7,9-14H,5,8,15-17H2,1-4H3. The number of hydrogen-bond acceptors (Lipinski definition) is 6. The van der Waals surface area contributed by atoms with Crippen LogP contribution < -0.4 is 5.56 Å². The number of carbonyl (C=O) groups excluding carboxylic acids is 1. The Morgan fingerprint density at radius 3 is 2.50 bits per heavy atom. The highest BCUT2D eigenvalue weighted by Crippen LogP contribution is 2.25. The fourth-order valence-corrected chi connectivity index (χ4v) is 4.70. The number of nitrogens with zero attached hydrogens (tertiary/aromatic N) is 4. The van der Waals surface area contributed by atoms with Crippen molar-refractivity contribution in [3.05, 3.63) is 70.0 Å². The number of para-hydroxylation sites is 1. The van der Waals surface area contributed by atoms with Crippen molar-refractivity contribution < 1.29 is 9.53 Å². The number of ketones is 1. The third-order valence-electron chi connectivity index (χ3n) is 5.76. The van der Waals surface area contributed by atoms with Crippen LogP contribution in [-0.2, 0) is 16.7 Å². The molecule has 0 aliphatic rings. The van der Waals surface area contributed by atoms with Gasteiger partial charge in [-0.25, -0.2) is 0 Å². The van der Waals surface area contributed by atoms with Crippen LogP contribution in [0.3, 0.4) is 0 Å². The van der Waals surface area contributed by atoms with Crippen LogP contribution in [0.25, 0.3) is 16.7 Å². The van der Waals surface area contributed by atoms with Crippen LogP contribution in [0.4, 0.5) is 0 Å². The van der Waals surface area contributed by atoms with Gasteiger partial charge in [-0.3, -0.25) is 18.6 Å². The van der Waals surface area contributed by atoms with Gasteiger partial charge in [-0.1, -0.05) is 68.9 Å². The van der Waals surface area contributed by atoms with E-state index in [4.69, 9.17) is 4.74 Å². The van der Waals surface area contributed by atoms with E-state index < -0.39 is 0 Å². The van der Waals surface area contributed by atoms with Crippen LogP contribution in [-0.4, -0.2) is 43.9 Å². The molecule has 0 aliphatic carbocycles. The lowest BCUT2D eigenvalue weighted by Crippen LogP contribution is -2.24. The molecule has 0 spiro atoms. The van der Waals surface area contributed by atoms with E-state index in [0.717, 1.165) is 5.52 Å². The van der Waals surface area contributed by atoms with E-state index in [2.05, 4.69) is 31.0 Å².